The fourth-order valence-electron chi connectivity index (χ4n) is 2.78. The summed E-state index contributed by atoms with van der Waals surface area (Å²) in [6.45, 7) is 4.48. The van der Waals surface area contributed by atoms with Crippen LogP contribution >= 0.6 is 0 Å². The first-order chi connectivity index (χ1) is 9.65. The highest BCUT2D eigenvalue weighted by atomic mass is 19.1. The third-order valence-electron chi connectivity index (χ3n) is 3.89. The number of piperazine rings is 1. The zero-order chi connectivity index (χ0) is 14.1. The summed E-state index contributed by atoms with van der Waals surface area (Å²) >= 11 is 0. The van der Waals surface area contributed by atoms with Gasteiger partial charge in [0.15, 0.2) is 0 Å². The average molecular weight is 275 g/mol. The molecule has 0 saturated carbocycles. The van der Waals surface area contributed by atoms with E-state index < -0.39 is 0 Å². The zero-order valence-corrected chi connectivity index (χ0v) is 11.4. The number of H-pyrrole nitrogens is 1. The Hall–Kier alpha value is -1.88. The molecule has 3 rings (SSSR count). The Bertz CT molecular complexity index is 637. The number of hydrogen-bond acceptors (Lipinski definition) is 2. The molecule has 2 N–H and O–H groups in total. The third kappa shape index (κ3) is 2.41. The summed E-state index contributed by atoms with van der Waals surface area (Å²) in [7, 11) is 0. The first-order valence-electron chi connectivity index (χ1n) is 6.91. The molecule has 0 spiro atoms. The first-order valence-corrected chi connectivity index (χ1v) is 6.91. The largest absolute Gasteiger partial charge is 0.361 e. The monoisotopic (exact) mass is 275 g/mol. The van der Waals surface area contributed by atoms with Gasteiger partial charge < -0.3 is 15.2 Å². The summed E-state index contributed by atoms with van der Waals surface area (Å²) in [6, 6.07) is 4.83. The predicted octanol–water partition coefficient (Wildman–Crippen LogP) is 1.67. The maximum Gasteiger partial charge on any atom is 0.227 e. The lowest BCUT2D eigenvalue weighted by atomic mass is 10.1. The van der Waals surface area contributed by atoms with Crippen molar-refractivity contribution in [3.63, 3.8) is 0 Å². The topological polar surface area (TPSA) is 48.1 Å². The highest BCUT2D eigenvalue weighted by molar-refractivity contribution is 5.89. The van der Waals surface area contributed by atoms with E-state index in [2.05, 4.69) is 17.2 Å². The second-order valence-corrected chi connectivity index (χ2v) is 5.32. The molecule has 1 atom stereocenters. The van der Waals surface area contributed by atoms with Gasteiger partial charge >= 0.3 is 0 Å². The Morgan fingerprint density at radius 3 is 3.15 bits per heavy atom. The number of benzene rings is 1. The Balaban J connectivity index is 1.80. The average Bonchev–Trinajstić information content (AvgIpc) is 2.81. The minimum absolute atomic E-state index is 0.129. The molecule has 1 aromatic carbocycles. The van der Waals surface area contributed by atoms with Gasteiger partial charge in [0, 0.05) is 42.8 Å². The molecule has 1 saturated heterocycles. The molecule has 5 heteroatoms. The molecule has 0 aliphatic carbocycles. The van der Waals surface area contributed by atoms with Crippen LogP contribution in [-0.4, -0.2) is 41.5 Å². The second-order valence-electron chi connectivity index (χ2n) is 5.32. The summed E-state index contributed by atoms with van der Waals surface area (Å²) in [4.78, 5) is 17.3. The van der Waals surface area contributed by atoms with Gasteiger partial charge in [-0.1, -0.05) is 0 Å². The lowest BCUT2D eigenvalue weighted by Crippen LogP contribution is -2.52. The van der Waals surface area contributed by atoms with E-state index in [4.69, 9.17) is 0 Å². The van der Waals surface area contributed by atoms with Crippen LogP contribution in [-0.2, 0) is 11.2 Å². The standard InChI is InChI=1S/C15H18FN3O/c1-10-8-17-4-5-19(10)15(20)6-11-9-18-14-7-12(16)2-3-13(11)14/h2-3,7,9-10,17-18H,4-6,8H2,1H3/t10-/m1/s1. The minimum Gasteiger partial charge on any atom is -0.361 e. The summed E-state index contributed by atoms with van der Waals surface area (Å²) < 4.78 is 13.1. The van der Waals surface area contributed by atoms with E-state index in [-0.39, 0.29) is 17.8 Å². The minimum atomic E-state index is -0.270. The van der Waals surface area contributed by atoms with Crippen molar-refractivity contribution in [2.24, 2.45) is 0 Å². The fourth-order valence-corrected chi connectivity index (χ4v) is 2.78. The smallest absolute Gasteiger partial charge is 0.227 e. The van der Waals surface area contributed by atoms with Crippen molar-refractivity contribution in [2.45, 2.75) is 19.4 Å². The van der Waals surface area contributed by atoms with E-state index in [0.717, 1.165) is 36.1 Å². The molecule has 0 bridgehead atoms. The van der Waals surface area contributed by atoms with E-state index in [1.54, 1.807) is 12.3 Å². The molecular weight excluding hydrogens is 257 g/mol. The number of hydrogen-bond donors (Lipinski definition) is 2. The summed E-state index contributed by atoms with van der Waals surface area (Å²) in [5, 5.41) is 4.19. The lowest BCUT2D eigenvalue weighted by Gasteiger charge is -2.34. The zero-order valence-electron chi connectivity index (χ0n) is 11.4. The maximum absolute atomic E-state index is 13.1. The summed E-state index contributed by atoms with van der Waals surface area (Å²) in [6.07, 6.45) is 2.16. The van der Waals surface area contributed by atoms with Crippen molar-refractivity contribution in [3.05, 3.63) is 35.8 Å². The van der Waals surface area contributed by atoms with Gasteiger partial charge in [-0.2, -0.15) is 0 Å². The molecule has 0 radical (unpaired) electrons. The molecule has 1 amide bonds. The maximum atomic E-state index is 13.1. The Kier molecular flexibility index (Phi) is 3.44. The molecule has 20 heavy (non-hydrogen) atoms. The summed E-state index contributed by atoms with van der Waals surface area (Å²) in [5.74, 6) is -0.142. The van der Waals surface area contributed by atoms with Crippen LogP contribution in [0, 0.1) is 5.82 Å². The van der Waals surface area contributed by atoms with E-state index in [1.807, 2.05) is 4.90 Å². The number of carbonyl (C=O) groups excluding carboxylic acids is 1. The van der Waals surface area contributed by atoms with Crippen molar-refractivity contribution in [1.82, 2.24) is 15.2 Å². The Morgan fingerprint density at radius 2 is 2.35 bits per heavy atom. The van der Waals surface area contributed by atoms with Gasteiger partial charge in [-0.3, -0.25) is 4.79 Å². The van der Waals surface area contributed by atoms with Crippen LogP contribution in [0.3, 0.4) is 0 Å². The van der Waals surface area contributed by atoms with Crippen LogP contribution in [0.2, 0.25) is 0 Å². The van der Waals surface area contributed by atoms with Gasteiger partial charge in [-0.15, -0.1) is 0 Å². The molecule has 1 aliphatic rings. The molecule has 1 aromatic heterocycles. The van der Waals surface area contributed by atoms with Crippen molar-refractivity contribution in [2.75, 3.05) is 19.6 Å². The van der Waals surface area contributed by atoms with Gasteiger partial charge in [0.05, 0.1) is 6.42 Å². The number of amides is 1. The van der Waals surface area contributed by atoms with Gasteiger partial charge in [0.2, 0.25) is 5.91 Å². The number of halogens is 1. The van der Waals surface area contributed by atoms with E-state index >= 15 is 0 Å². The highest BCUT2D eigenvalue weighted by Gasteiger charge is 2.23. The predicted molar refractivity (Wildman–Crippen MR) is 76.0 cm³/mol. The Labute approximate surface area is 117 Å². The van der Waals surface area contributed by atoms with Gasteiger partial charge in [-0.25, -0.2) is 4.39 Å². The van der Waals surface area contributed by atoms with Crippen LogP contribution in [0.1, 0.15) is 12.5 Å². The summed E-state index contributed by atoms with van der Waals surface area (Å²) in [5.41, 5.74) is 1.66. The molecule has 4 nitrogen and oxygen atoms in total. The molecule has 1 fully saturated rings. The number of aromatic nitrogens is 1. The third-order valence-corrected chi connectivity index (χ3v) is 3.89. The van der Waals surface area contributed by atoms with E-state index in [0.29, 0.717) is 6.42 Å². The van der Waals surface area contributed by atoms with Gasteiger partial charge in [0.1, 0.15) is 5.82 Å². The van der Waals surface area contributed by atoms with Crippen molar-refractivity contribution in [3.8, 4) is 0 Å². The molecule has 106 valence electrons. The molecular formula is C15H18FN3O. The lowest BCUT2D eigenvalue weighted by molar-refractivity contribution is -0.133. The quantitative estimate of drug-likeness (QED) is 0.876. The van der Waals surface area contributed by atoms with Crippen molar-refractivity contribution < 1.29 is 9.18 Å². The molecule has 1 aliphatic heterocycles. The Morgan fingerprint density at radius 1 is 1.50 bits per heavy atom. The first kappa shape index (κ1) is 13.1. The van der Waals surface area contributed by atoms with Crippen molar-refractivity contribution >= 4 is 16.8 Å². The number of rotatable bonds is 2. The van der Waals surface area contributed by atoms with E-state index in [1.165, 1.54) is 12.1 Å². The highest BCUT2D eigenvalue weighted by Crippen LogP contribution is 2.20. The second kappa shape index (κ2) is 5.25. The van der Waals surface area contributed by atoms with Crippen LogP contribution in [0.25, 0.3) is 10.9 Å². The van der Waals surface area contributed by atoms with Crippen LogP contribution in [0.15, 0.2) is 24.4 Å². The van der Waals surface area contributed by atoms with Crippen LogP contribution in [0.5, 0.6) is 0 Å². The molecule has 0 unspecified atom stereocenters. The number of aromatic amines is 1. The molecule has 2 heterocycles. The van der Waals surface area contributed by atoms with Gasteiger partial charge in [-0.05, 0) is 30.7 Å². The van der Waals surface area contributed by atoms with E-state index in [9.17, 15) is 9.18 Å². The number of nitrogens with zero attached hydrogens (tertiary/aromatic N) is 1. The number of nitrogens with one attached hydrogen (secondary N) is 2. The van der Waals surface area contributed by atoms with Crippen molar-refractivity contribution in [1.29, 1.82) is 0 Å². The normalized spacial score (nSPS) is 19.5. The number of fused-ring (bicyclic) bond motifs is 1. The molecule has 2 aromatic rings. The van der Waals surface area contributed by atoms with Crippen LogP contribution < -0.4 is 5.32 Å². The number of carbonyl (C=O) groups is 1. The van der Waals surface area contributed by atoms with Crippen LogP contribution in [0.4, 0.5) is 4.39 Å². The van der Waals surface area contributed by atoms with Gasteiger partial charge in [0.25, 0.3) is 0 Å². The SMILES string of the molecule is C[C@@H]1CNCCN1C(=O)Cc1c[nH]c2cc(F)ccc12. The fraction of sp³-hybridized carbons (Fsp3) is 0.400.